The van der Waals surface area contributed by atoms with Crippen molar-refractivity contribution in [1.82, 2.24) is 4.98 Å². The zero-order valence-electron chi connectivity index (χ0n) is 13.5. The van der Waals surface area contributed by atoms with Crippen LogP contribution < -0.4 is 5.32 Å². The molecule has 1 aromatic heterocycles. The van der Waals surface area contributed by atoms with Crippen molar-refractivity contribution in [3.8, 4) is 0 Å². The van der Waals surface area contributed by atoms with Crippen LogP contribution >= 0.6 is 11.8 Å². The molecule has 1 amide bonds. The van der Waals surface area contributed by atoms with Gasteiger partial charge in [0.05, 0.1) is 5.75 Å². The molecule has 0 saturated heterocycles. The van der Waals surface area contributed by atoms with Crippen LogP contribution in [0.4, 0.5) is 5.69 Å². The molecule has 0 spiro atoms. The predicted molar refractivity (Wildman–Crippen MR) is 105 cm³/mol. The molecule has 4 heteroatoms. The van der Waals surface area contributed by atoms with Crippen LogP contribution in [0.15, 0.2) is 84.0 Å². The van der Waals surface area contributed by atoms with E-state index in [1.807, 2.05) is 36.4 Å². The Labute approximate surface area is 150 Å². The van der Waals surface area contributed by atoms with Gasteiger partial charge in [-0.1, -0.05) is 42.5 Å². The molecule has 3 nitrogen and oxygen atoms in total. The number of thioether (sulfide) groups is 1. The van der Waals surface area contributed by atoms with E-state index in [-0.39, 0.29) is 5.91 Å². The maximum absolute atomic E-state index is 12.3. The topological polar surface area (TPSA) is 42.0 Å². The Kier molecular flexibility index (Phi) is 4.36. The molecule has 0 aliphatic heterocycles. The minimum Gasteiger partial charge on any atom is -0.325 e. The standard InChI is InChI=1S/C21H16N2OS/c24-21(23-20-7-3-6-17-13-22-11-10-19(17)20)14-25-18-9-8-15-4-1-2-5-16(15)12-18/h1-13H,14H2,(H,23,24). The Morgan fingerprint density at radius 1 is 0.920 bits per heavy atom. The SMILES string of the molecule is O=C(CSc1ccc2ccccc2c1)Nc1cccc2cnccc12. The summed E-state index contributed by atoms with van der Waals surface area (Å²) in [7, 11) is 0. The normalized spacial score (nSPS) is 10.9. The summed E-state index contributed by atoms with van der Waals surface area (Å²) >= 11 is 1.54. The van der Waals surface area contributed by atoms with Crippen molar-refractivity contribution in [2.75, 3.05) is 11.1 Å². The van der Waals surface area contributed by atoms with Gasteiger partial charge in [-0.15, -0.1) is 11.8 Å². The summed E-state index contributed by atoms with van der Waals surface area (Å²) in [6.07, 6.45) is 3.54. The van der Waals surface area contributed by atoms with Crippen molar-refractivity contribution in [2.45, 2.75) is 4.90 Å². The number of pyridine rings is 1. The van der Waals surface area contributed by atoms with Crippen molar-refractivity contribution in [2.24, 2.45) is 0 Å². The van der Waals surface area contributed by atoms with E-state index in [1.165, 1.54) is 10.8 Å². The van der Waals surface area contributed by atoms with Gasteiger partial charge in [-0.05, 0) is 35.0 Å². The fraction of sp³-hybridized carbons (Fsp3) is 0.0476. The number of nitrogens with one attached hydrogen (secondary N) is 1. The third kappa shape index (κ3) is 3.49. The third-order valence-electron chi connectivity index (χ3n) is 4.05. The fourth-order valence-electron chi connectivity index (χ4n) is 2.82. The monoisotopic (exact) mass is 344 g/mol. The maximum atomic E-state index is 12.3. The van der Waals surface area contributed by atoms with Gasteiger partial charge in [0, 0.05) is 33.7 Å². The molecule has 0 fully saturated rings. The lowest BCUT2D eigenvalue weighted by molar-refractivity contribution is -0.113. The van der Waals surface area contributed by atoms with Crippen LogP contribution in [0.25, 0.3) is 21.5 Å². The van der Waals surface area contributed by atoms with E-state index in [9.17, 15) is 4.79 Å². The van der Waals surface area contributed by atoms with Gasteiger partial charge in [0.25, 0.3) is 0 Å². The zero-order chi connectivity index (χ0) is 17.1. The molecule has 0 atom stereocenters. The predicted octanol–water partition coefficient (Wildman–Crippen LogP) is 5.12. The highest BCUT2D eigenvalue weighted by Crippen LogP contribution is 2.25. The van der Waals surface area contributed by atoms with Crippen LogP contribution in [0, 0.1) is 0 Å². The van der Waals surface area contributed by atoms with Crippen molar-refractivity contribution >= 4 is 44.9 Å². The molecule has 0 bridgehead atoms. The van der Waals surface area contributed by atoms with E-state index in [2.05, 4.69) is 40.6 Å². The number of rotatable bonds is 4. The summed E-state index contributed by atoms with van der Waals surface area (Å²) in [5.74, 6) is 0.363. The summed E-state index contributed by atoms with van der Waals surface area (Å²) < 4.78 is 0. The van der Waals surface area contributed by atoms with Gasteiger partial charge in [0.2, 0.25) is 5.91 Å². The highest BCUT2D eigenvalue weighted by atomic mass is 32.2. The average Bonchev–Trinajstić information content (AvgIpc) is 2.66. The summed E-state index contributed by atoms with van der Waals surface area (Å²) in [5.41, 5.74) is 0.823. The van der Waals surface area contributed by atoms with Crippen LogP contribution in [0.3, 0.4) is 0 Å². The summed E-state index contributed by atoms with van der Waals surface area (Å²) in [4.78, 5) is 17.6. The molecular formula is C21H16N2OS. The number of amides is 1. The molecule has 25 heavy (non-hydrogen) atoms. The van der Waals surface area contributed by atoms with Crippen LogP contribution in [0.1, 0.15) is 0 Å². The van der Waals surface area contributed by atoms with Crippen LogP contribution in [-0.2, 0) is 4.79 Å². The molecule has 3 aromatic carbocycles. The Balaban J connectivity index is 1.46. The van der Waals surface area contributed by atoms with E-state index in [0.717, 1.165) is 21.4 Å². The average molecular weight is 344 g/mol. The Morgan fingerprint density at radius 2 is 1.76 bits per heavy atom. The molecule has 1 heterocycles. The van der Waals surface area contributed by atoms with E-state index >= 15 is 0 Å². The van der Waals surface area contributed by atoms with E-state index in [4.69, 9.17) is 0 Å². The lowest BCUT2D eigenvalue weighted by Crippen LogP contribution is -2.14. The third-order valence-corrected chi connectivity index (χ3v) is 5.04. The van der Waals surface area contributed by atoms with Crippen molar-refractivity contribution in [3.05, 3.63) is 79.1 Å². The lowest BCUT2D eigenvalue weighted by Gasteiger charge is -2.09. The van der Waals surface area contributed by atoms with Crippen molar-refractivity contribution in [1.29, 1.82) is 0 Å². The molecule has 4 aromatic rings. The molecule has 122 valence electrons. The van der Waals surface area contributed by atoms with Crippen LogP contribution in [-0.4, -0.2) is 16.6 Å². The molecule has 0 aliphatic rings. The second-order valence-corrected chi connectivity index (χ2v) is 6.80. The number of carbonyl (C=O) groups excluding carboxylic acids is 1. The number of hydrogen-bond acceptors (Lipinski definition) is 3. The number of hydrogen-bond donors (Lipinski definition) is 1. The first-order chi connectivity index (χ1) is 12.3. The number of nitrogens with zero attached hydrogens (tertiary/aromatic N) is 1. The minimum atomic E-state index is -0.0116. The first-order valence-corrected chi connectivity index (χ1v) is 9.02. The Hall–Kier alpha value is -2.85. The van der Waals surface area contributed by atoms with Gasteiger partial charge in [0.1, 0.15) is 0 Å². The summed E-state index contributed by atoms with van der Waals surface area (Å²) in [6, 6.07) is 22.3. The van der Waals surface area contributed by atoms with Gasteiger partial charge in [0.15, 0.2) is 0 Å². The van der Waals surface area contributed by atoms with Gasteiger partial charge in [-0.25, -0.2) is 0 Å². The summed E-state index contributed by atoms with van der Waals surface area (Å²) in [6.45, 7) is 0. The van der Waals surface area contributed by atoms with Gasteiger partial charge >= 0.3 is 0 Å². The maximum Gasteiger partial charge on any atom is 0.234 e. The first kappa shape index (κ1) is 15.7. The smallest absolute Gasteiger partial charge is 0.234 e. The summed E-state index contributed by atoms with van der Waals surface area (Å²) in [5, 5.41) is 7.42. The van der Waals surface area contributed by atoms with Crippen molar-refractivity contribution < 1.29 is 4.79 Å². The molecule has 0 saturated carbocycles. The second kappa shape index (κ2) is 6.95. The number of fused-ring (bicyclic) bond motifs is 2. The van der Waals surface area contributed by atoms with E-state index in [1.54, 1.807) is 24.2 Å². The van der Waals surface area contributed by atoms with Crippen LogP contribution in [0.5, 0.6) is 0 Å². The van der Waals surface area contributed by atoms with Gasteiger partial charge in [-0.2, -0.15) is 0 Å². The first-order valence-electron chi connectivity index (χ1n) is 8.04. The number of carbonyl (C=O) groups is 1. The molecule has 1 N–H and O–H groups in total. The lowest BCUT2D eigenvalue weighted by atomic mass is 10.1. The Morgan fingerprint density at radius 3 is 2.68 bits per heavy atom. The highest BCUT2D eigenvalue weighted by Gasteiger charge is 2.07. The number of benzene rings is 3. The largest absolute Gasteiger partial charge is 0.325 e. The molecule has 0 unspecified atom stereocenters. The highest BCUT2D eigenvalue weighted by molar-refractivity contribution is 8.00. The number of aromatic nitrogens is 1. The fourth-order valence-corrected chi connectivity index (χ4v) is 3.57. The minimum absolute atomic E-state index is 0.0116. The quantitative estimate of drug-likeness (QED) is 0.523. The van der Waals surface area contributed by atoms with Crippen LogP contribution in [0.2, 0.25) is 0 Å². The Bertz CT molecular complexity index is 1060. The van der Waals surface area contributed by atoms with E-state index < -0.39 is 0 Å². The van der Waals surface area contributed by atoms with Crippen molar-refractivity contribution in [3.63, 3.8) is 0 Å². The van der Waals surface area contributed by atoms with Gasteiger partial charge in [-0.3, -0.25) is 9.78 Å². The van der Waals surface area contributed by atoms with E-state index in [0.29, 0.717) is 5.75 Å². The molecule has 4 rings (SSSR count). The molecule has 0 aliphatic carbocycles. The second-order valence-electron chi connectivity index (χ2n) is 5.75. The number of anilines is 1. The zero-order valence-corrected chi connectivity index (χ0v) is 14.3. The van der Waals surface area contributed by atoms with Gasteiger partial charge < -0.3 is 5.32 Å². The molecular weight excluding hydrogens is 328 g/mol. The molecule has 0 radical (unpaired) electrons.